The van der Waals surface area contributed by atoms with Crippen LogP contribution in [0.2, 0.25) is 0 Å². The molecule has 144 valence electrons. The Balaban J connectivity index is 1.55. The molecule has 3 rings (SSSR count). The smallest absolute Gasteiger partial charge is 0.309 e. The minimum Gasteiger partial charge on any atom is -0.339 e. The molecule has 0 atom stereocenters. The Morgan fingerprint density at radius 2 is 1.96 bits per heavy atom. The highest BCUT2D eigenvalue weighted by molar-refractivity contribution is 5.76. The fourth-order valence-electron chi connectivity index (χ4n) is 3.07. The number of hydrogen-bond acceptors (Lipinski definition) is 5. The van der Waals surface area contributed by atoms with Crippen molar-refractivity contribution in [3.63, 3.8) is 0 Å². The van der Waals surface area contributed by atoms with E-state index in [1.54, 1.807) is 17.9 Å². The zero-order valence-corrected chi connectivity index (χ0v) is 14.8. The van der Waals surface area contributed by atoms with E-state index in [0.29, 0.717) is 31.9 Å². The normalized spacial score (nSPS) is 15.1. The predicted octanol–water partition coefficient (Wildman–Crippen LogP) is 1.72. The molecule has 8 nitrogen and oxygen atoms in total. The van der Waals surface area contributed by atoms with Crippen molar-refractivity contribution in [1.82, 2.24) is 19.6 Å². The third kappa shape index (κ3) is 4.11. The van der Waals surface area contributed by atoms with Crippen LogP contribution in [0.25, 0.3) is 0 Å². The van der Waals surface area contributed by atoms with E-state index in [1.165, 1.54) is 10.7 Å². The molecule has 1 aliphatic rings. The first-order valence-corrected chi connectivity index (χ1v) is 8.46. The lowest BCUT2D eigenvalue weighted by Crippen LogP contribution is -2.49. The van der Waals surface area contributed by atoms with Gasteiger partial charge in [0.2, 0.25) is 5.91 Å². The molecule has 0 saturated carbocycles. The van der Waals surface area contributed by atoms with Gasteiger partial charge in [-0.25, -0.2) is 8.78 Å². The highest BCUT2D eigenvalue weighted by Gasteiger charge is 2.24. The molecular formula is C17H19F2N5O3. The van der Waals surface area contributed by atoms with Gasteiger partial charge in [-0.3, -0.25) is 24.5 Å². The highest BCUT2D eigenvalue weighted by atomic mass is 19.2. The molecule has 2 heterocycles. The predicted molar refractivity (Wildman–Crippen MR) is 91.8 cm³/mol. The highest BCUT2D eigenvalue weighted by Crippen LogP contribution is 2.17. The van der Waals surface area contributed by atoms with Gasteiger partial charge >= 0.3 is 5.69 Å². The Bertz CT molecular complexity index is 862. The maximum Gasteiger partial charge on any atom is 0.309 e. The van der Waals surface area contributed by atoms with E-state index >= 15 is 0 Å². The van der Waals surface area contributed by atoms with Gasteiger partial charge in [-0.1, -0.05) is 12.1 Å². The maximum absolute atomic E-state index is 13.8. The van der Waals surface area contributed by atoms with Crippen LogP contribution in [-0.4, -0.2) is 56.6 Å². The third-order valence-electron chi connectivity index (χ3n) is 4.71. The van der Waals surface area contributed by atoms with Gasteiger partial charge in [0.1, 0.15) is 18.4 Å². The van der Waals surface area contributed by atoms with Crippen molar-refractivity contribution in [3.8, 4) is 0 Å². The average molecular weight is 379 g/mol. The van der Waals surface area contributed by atoms with Crippen molar-refractivity contribution in [2.75, 3.05) is 26.2 Å². The summed E-state index contributed by atoms with van der Waals surface area (Å²) in [6, 6.07) is 4.10. The molecular weight excluding hydrogens is 360 g/mol. The molecule has 1 fully saturated rings. The molecule has 1 saturated heterocycles. The van der Waals surface area contributed by atoms with E-state index in [4.69, 9.17) is 0 Å². The summed E-state index contributed by atoms with van der Waals surface area (Å²) in [5, 5.41) is 14.8. The Morgan fingerprint density at radius 1 is 1.26 bits per heavy atom. The summed E-state index contributed by atoms with van der Waals surface area (Å²) in [6.07, 6.45) is 1.13. The first-order chi connectivity index (χ1) is 12.9. The first-order valence-electron chi connectivity index (χ1n) is 8.46. The van der Waals surface area contributed by atoms with Crippen molar-refractivity contribution in [3.05, 3.63) is 57.4 Å². The van der Waals surface area contributed by atoms with Crippen LogP contribution in [0, 0.1) is 28.7 Å². The Labute approximate surface area is 154 Å². The van der Waals surface area contributed by atoms with Gasteiger partial charge in [-0.2, -0.15) is 5.10 Å². The minimum absolute atomic E-state index is 0.0712. The summed E-state index contributed by atoms with van der Waals surface area (Å²) in [7, 11) is 0. The van der Waals surface area contributed by atoms with E-state index in [1.807, 2.05) is 4.90 Å². The molecule has 1 aromatic heterocycles. The van der Waals surface area contributed by atoms with Crippen molar-refractivity contribution in [2.24, 2.45) is 0 Å². The summed E-state index contributed by atoms with van der Waals surface area (Å²) in [6.45, 7) is 3.69. The third-order valence-corrected chi connectivity index (χ3v) is 4.71. The van der Waals surface area contributed by atoms with Crippen molar-refractivity contribution in [1.29, 1.82) is 0 Å². The van der Waals surface area contributed by atoms with Gasteiger partial charge < -0.3 is 4.90 Å². The fraction of sp³-hybridized carbons (Fsp3) is 0.412. The van der Waals surface area contributed by atoms with Gasteiger partial charge in [0.25, 0.3) is 0 Å². The number of piperazine rings is 1. The molecule has 27 heavy (non-hydrogen) atoms. The number of halogens is 2. The largest absolute Gasteiger partial charge is 0.339 e. The Hall–Kier alpha value is -2.88. The van der Waals surface area contributed by atoms with E-state index in [2.05, 4.69) is 5.10 Å². The number of benzene rings is 1. The molecule has 0 unspecified atom stereocenters. The summed E-state index contributed by atoms with van der Waals surface area (Å²) in [5.41, 5.74) is 0.493. The van der Waals surface area contributed by atoms with Crippen LogP contribution in [-0.2, 0) is 17.9 Å². The van der Waals surface area contributed by atoms with Gasteiger partial charge in [0.15, 0.2) is 11.6 Å². The van der Waals surface area contributed by atoms with Crippen LogP contribution in [0.3, 0.4) is 0 Å². The van der Waals surface area contributed by atoms with Crippen LogP contribution < -0.4 is 0 Å². The van der Waals surface area contributed by atoms with Crippen LogP contribution >= 0.6 is 0 Å². The Kier molecular flexibility index (Phi) is 5.45. The molecule has 0 bridgehead atoms. The summed E-state index contributed by atoms with van der Waals surface area (Å²) in [4.78, 5) is 26.3. The molecule has 1 amide bonds. The summed E-state index contributed by atoms with van der Waals surface area (Å²) in [5.74, 6) is -1.90. The maximum atomic E-state index is 13.8. The molecule has 10 heteroatoms. The molecule has 1 aromatic carbocycles. The van der Waals surface area contributed by atoms with Crippen molar-refractivity contribution in [2.45, 2.75) is 20.0 Å². The summed E-state index contributed by atoms with van der Waals surface area (Å²) < 4.78 is 28.4. The zero-order chi connectivity index (χ0) is 19.6. The van der Waals surface area contributed by atoms with Gasteiger partial charge in [0.05, 0.1) is 4.92 Å². The zero-order valence-electron chi connectivity index (χ0n) is 14.8. The number of carbonyl (C=O) groups excluding carboxylic acids is 1. The van der Waals surface area contributed by atoms with E-state index < -0.39 is 16.6 Å². The van der Waals surface area contributed by atoms with Crippen molar-refractivity contribution < 1.29 is 18.5 Å². The first kappa shape index (κ1) is 18.9. The topological polar surface area (TPSA) is 84.5 Å². The molecule has 0 spiro atoms. The molecule has 0 N–H and O–H groups in total. The molecule has 2 aromatic rings. The number of nitrogens with zero attached hydrogens (tertiary/aromatic N) is 5. The second-order valence-electron chi connectivity index (χ2n) is 6.40. The van der Waals surface area contributed by atoms with Gasteiger partial charge in [0, 0.05) is 38.3 Å². The van der Waals surface area contributed by atoms with Crippen LogP contribution in [0.15, 0.2) is 24.4 Å². The number of rotatable bonds is 5. The van der Waals surface area contributed by atoms with E-state index in [0.717, 1.165) is 12.3 Å². The van der Waals surface area contributed by atoms with Gasteiger partial charge in [-0.15, -0.1) is 0 Å². The number of aromatic nitrogens is 2. The standard InChI is InChI=1S/C17H19F2N5O3/c1-12-15(24(26)27)9-20-23(12)11-16(25)22-7-5-21(6-8-22)10-13-3-2-4-14(18)17(13)19/h2-4,9H,5-8,10-11H2,1H3. The summed E-state index contributed by atoms with van der Waals surface area (Å²) >= 11 is 0. The van der Waals surface area contributed by atoms with Crippen LogP contribution in [0.4, 0.5) is 14.5 Å². The number of amides is 1. The van der Waals surface area contributed by atoms with E-state index in [9.17, 15) is 23.7 Å². The monoisotopic (exact) mass is 379 g/mol. The number of carbonyl (C=O) groups is 1. The lowest BCUT2D eigenvalue weighted by atomic mass is 10.1. The van der Waals surface area contributed by atoms with Crippen molar-refractivity contribution >= 4 is 11.6 Å². The lowest BCUT2D eigenvalue weighted by molar-refractivity contribution is -0.385. The van der Waals surface area contributed by atoms with E-state index in [-0.39, 0.29) is 30.2 Å². The van der Waals surface area contributed by atoms with Crippen LogP contribution in [0.5, 0.6) is 0 Å². The second kappa shape index (κ2) is 7.78. The fourth-order valence-corrected chi connectivity index (χ4v) is 3.07. The molecule has 0 aliphatic carbocycles. The molecule has 0 radical (unpaired) electrons. The quantitative estimate of drug-likeness (QED) is 0.583. The lowest BCUT2D eigenvalue weighted by Gasteiger charge is -2.34. The average Bonchev–Trinajstić information content (AvgIpc) is 3.00. The SMILES string of the molecule is Cc1c([N+](=O)[O-])cnn1CC(=O)N1CCN(Cc2cccc(F)c2F)CC1. The van der Waals surface area contributed by atoms with Crippen LogP contribution in [0.1, 0.15) is 11.3 Å². The number of nitro groups is 1. The number of hydrogen-bond donors (Lipinski definition) is 0. The molecule has 1 aliphatic heterocycles. The van der Waals surface area contributed by atoms with Gasteiger partial charge in [-0.05, 0) is 13.0 Å². The Morgan fingerprint density at radius 3 is 2.59 bits per heavy atom. The second-order valence-corrected chi connectivity index (χ2v) is 6.40. The minimum atomic E-state index is -0.870.